The zero-order chi connectivity index (χ0) is 12.3. The minimum atomic E-state index is -2.90. The lowest BCUT2D eigenvalue weighted by Crippen LogP contribution is -2.13. The molecule has 0 radical (unpaired) electrons. The third-order valence-corrected chi connectivity index (χ3v) is 2.15. The summed E-state index contributed by atoms with van der Waals surface area (Å²) in [6, 6.07) is 1.21. The smallest absolute Gasteiger partial charge is 0.357 e. The van der Waals surface area contributed by atoms with Crippen LogP contribution in [0.3, 0.4) is 0 Å². The summed E-state index contributed by atoms with van der Waals surface area (Å²) >= 11 is 5.49. The predicted molar refractivity (Wildman–Crippen MR) is 54.5 cm³/mol. The number of halogens is 3. The Morgan fingerprint density at radius 3 is 2.75 bits per heavy atom. The highest BCUT2D eigenvalue weighted by atomic mass is 35.5. The van der Waals surface area contributed by atoms with Crippen LogP contribution in [0.25, 0.3) is 0 Å². The van der Waals surface area contributed by atoms with Crippen LogP contribution in [-0.4, -0.2) is 18.1 Å². The minimum Gasteiger partial charge on any atom is -0.464 e. The van der Waals surface area contributed by atoms with E-state index in [2.05, 4.69) is 9.72 Å². The molecule has 0 aliphatic rings. The summed E-state index contributed by atoms with van der Waals surface area (Å²) in [4.78, 5) is 14.9. The summed E-state index contributed by atoms with van der Waals surface area (Å²) in [5.74, 6) is -0.994. The van der Waals surface area contributed by atoms with E-state index in [1.807, 2.05) is 0 Å². The first-order valence-corrected chi connectivity index (χ1v) is 4.76. The first-order chi connectivity index (χ1) is 7.51. The lowest BCUT2D eigenvalue weighted by molar-refractivity contribution is 0.0581. The minimum absolute atomic E-state index is 0.0300. The quantitative estimate of drug-likeness (QED) is 0.659. The molecule has 0 fully saturated rings. The van der Waals surface area contributed by atoms with E-state index in [-0.39, 0.29) is 17.3 Å². The SMILES string of the molecule is COC(=O)c1nc(CCl)cc(N)c1C(F)F. The second-order valence-corrected chi connectivity index (χ2v) is 3.16. The molecule has 1 aromatic heterocycles. The summed E-state index contributed by atoms with van der Waals surface area (Å²) in [5.41, 5.74) is 4.31. The molecule has 0 unspecified atom stereocenters. The molecule has 0 saturated carbocycles. The van der Waals surface area contributed by atoms with Gasteiger partial charge in [-0.15, -0.1) is 11.6 Å². The summed E-state index contributed by atoms with van der Waals surface area (Å²) in [5, 5.41) is 0. The number of nitrogens with two attached hydrogens (primary N) is 1. The number of methoxy groups -OCH3 is 1. The number of nitrogen functional groups attached to an aromatic ring is 1. The molecule has 0 bridgehead atoms. The molecule has 16 heavy (non-hydrogen) atoms. The van der Waals surface area contributed by atoms with Gasteiger partial charge in [-0.3, -0.25) is 0 Å². The van der Waals surface area contributed by atoms with Gasteiger partial charge >= 0.3 is 5.97 Å². The van der Waals surface area contributed by atoms with Crippen LogP contribution in [0, 0.1) is 0 Å². The second kappa shape index (κ2) is 5.07. The number of aromatic nitrogens is 1. The second-order valence-electron chi connectivity index (χ2n) is 2.89. The molecule has 7 heteroatoms. The number of ether oxygens (including phenoxy) is 1. The number of esters is 1. The Hall–Kier alpha value is -1.43. The molecule has 0 atom stereocenters. The van der Waals surface area contributed by atoms with Crippen molar-refractivity contribution >= 4 is 23.3 Å². The van der Waals surface area contributed by atoms with Gasteiger partial charge in [-0.05, 0) is 6.07 Å². The average molecular weight is 251 g/mol. The highest BCUT2D eigenvalue weighted by Gasteiger charge is 2.24. The van der Waals surface area contributed by atoms with Crippen LogP contribution >= 0.6 is 11.6 Å². The third-order valence-electron chi connectivity index (χ3n) is 1.88. The van der Waals surface area contributed by atoms with Crippen molar-refractivity contribution in [2.45, 2.75) is 12.3 Å². The van der Waals surface area contributed by atoms with Crippen molar-refractivity contribution in [1.29, 1.82) is 0 Å². The molecule has 0 aliphatic carbocycles. The lowest BCUT2D eigenvalue weighted by atomic mass is 10.1. The fourth-order valence-electron chi connectivity index (χ4n) is 1.18. The number of carbonyl (C=O) groups is 1. The van der Waals surface area contributed by atoms with Crippen molar-refractivity contribution in [2.24, 2.45) is 0 Å². The van der Waals surface area contributed by atoms with E-state index in [0.717, 1.165) is 7.11 Å². The number of pyridine rings is 1. The van der Waals surface area contributed by atoms with Crippen LogP contribution < -0.4 is 5.73 Å². The average Bonchev–Trinajstić information content (AvgIpc) is 2.26. The van der Waals surface area contributed by atoms with Gasteiger partial charge in [-0.25, -0.2) is 18.6 Å². The van der Waals surface area contributed by atoms with E-state index >= 15 is 0 Å². The van der Waals surface area contributed by atoms with E-state index in [9.17, 15) is 13.6 Å². The Balaban J connectivity index is 3.40. The van der Waals surface area contributed by atoms with Gasteiger partial charge in [0, 0.05) is 5.69 Å². The molecule has 0 spiro atoms. The predicted octanol–water partition coefficient (Wildman–Crippen LogP) is 2.13. The summed E-state index contributed by atoms with van der Waals surface area (Å²) in [6.07, 6.45) is -2.90. The van der Waals surface area contributed by atoms with E-state index in [1.165, 1.54) is 6.07 Å². The molecule has 0 aromatic carbocycles. The topological polar surface area (TPSA) is 65.2 Å². The molecule has 1 heterocycles. The number of carbonyl (C=O) groups excluding carboxylic acids is 1. The van der Waals surface area contributed by atoms with Crippen LogP contribution in [-0.2, 0) is 10.6 Å². The maximum Gasteiger partial charge on any atom is 0.357 e. The number of rotatable bonds is 3. The molecule has 88 valence electrons. The van der Waals surface area contributed by atoms with Crippen LogP contribution in [0.5, 0.6) is 0 Å². The molecule has 4 nitrogen and oxygen atoms in total. The van der Waals surface area contributed by atoms with E-state index in [1.54, 1.807) is 0 Å². The van der Waals surface area contributed by atoms with Gasteiger partial charge in [0.15, 0.2) is 5.69 Å². The number of hydrogen-bond acceptors (Lipinski definition) is 4. The van der Waals surface area contributed by atoms with Gasteiger partial charge in [0.25, 0.3) is 6.43 Å². The Morgan fingerprint density at radius 1 is 1.69 bits per heavy atom. The van der Waals surface area contributed by atoms with E-state index in [4.69, 9.17) is 17.3 Å². The molecule has 1 aromatic rings. The van der Waals surface area contributed by atoms with E-state index < -0.39 is 23.7 Å². The number of hydrogen-bond donors (Lipinski definition) is 1. The fourth-order valence-corrected chi connectivity index (χ4v) is 1.32. The highest BCUT2D eigenvalue weighted by molar-refractivity contribution is 6.17. The molecular weight excluding hydrogens is 242 g/mol. The Bertz CT molecular complexity index is 413. The van der Waals surface area contributed by atoms with Gasteiger partial charge < -0.3 is 10.5 Å². The molecule has 2 N–H and O–H groups in total. The normalized spacial score (nSPS) is 10.6. The Labute approximate surface area is 95.4 Å². The van der Waals surface area contributed by atoms with Gasteiger partial charge in [0.05, 0.1) is 24.2 Å². The van der Waals surface area contributed by atoms with Crippen molar-refractivity contribution in [1.82, 2.24) is 4.98 Å². The zero-order valence-corrected chi connectivity index (χ0v) is 9.09. The van der Waals surface area contributed by atoms with Gasteiger partial charge in [-0.1, -0.05) is 0 Å². The van der Waals surface area contributed by atoms with Crippen LogP contribution in [0.4, 0.5) is 14.5 Å². The van der Waals surface area contributed by atoms with Crippen LogP contribution in [0.1, 0.15) is 28.2 Å². The first kappa shape index (κ1) is 12.6. The fraction of sp³-hybridized carbons (Fsp3) is 0.333. The van der Waals surface area contributed by atoms with Crippen molar-refractivity contribution < 1.29 is 18.3 Å². The monoisotopic (exact) mass is 250 g/mol. The number of anilines is 1. The number of alkyl halides is 3. The van der Waals surface area contributed by atoms with Gasteiger partial charge in [0.1, 0.15) is 0 Å². The van der Waals surface area contributed by atoms with Crippen LogP contribution in [0.15, 0.2) is 6.07 Å². The van der Waals surface area contributed by atoms with E-state index in [0.29, 0.717) is 0 Å². The van der Waals surface area contributed by atoms with Crippen molar-refractivity contribution in [2.75, 3.05) is 12.8 Å². The molecule has 0 aliphatic heterocycles. The van der Waals surface area contributed by atoms with Crippen molar-refractivity contribution in [3.8, 4) is 0 Å². The Kier molecular flexibility index (Phi) is 4.00. The molecule has 0 amide bonds. The number of nitrogens with zero attached hydrogens (tertiary/aromatic N) is 1. The summed E-state index contributed by atoms with van der Waals surface area (Å²) in [7, 11) is 1.07. The van der Waals surface area contributed by atoms with Crippen molar-refractivity contribution in [3.05, 3.63) is 23.0 Å². The summed E-state index contributed by atoms with van der Waals surface area (Å²) < 4.78 is 29.7. The van der Waals surface area contributed by atoms with Gasteiger partial charge in [-0.2, -0.15) is 0 Å². The maximum atomic E-state index is 12.7. The Morgan fingerprint density at radius 2 is 2.31 bits per heavy atom. The lowest BCUT2D eigenvalue weighted by Gasteiger charge is -2.10. The summed E-state index contributed by atoms with van der Waals surface area (Å²) in [6.45, 7) is 0. The third kappa shape index (κ3) is 2.38. The zero-order valence-electron chi connectivity index (χ0n) is 8.34. The van der Waals surface area contributed by atoms with Crippen LogP contribution in [0.2, 0.25) is 0 Å². The van der Waals surface area contributed by atoms with Crippen molar-refractivity contribution in [3.63, 3.8) is 0 Å². The van der Waals surface area contributed by atoms with Gasteiger partial charge in [0.2, 0.25) is 0 Å². The first-order valence-electron chi connectivity index (χ1n) is 4.23. The molecule has 0 saturated heterocycles. The maximum absolute atomic E-state index is 12.7. The standard InChI is InChI=1S/C9H9ClF2N2O2/c1-16-9(15)7-6(8(11)12)5(13)2-4(3-10)14-7/h2,8H,3H2,1H3,(H2,13,14). The molecular formula is C9H9ClF2N2O2. The largest absolute Gasteiger partial charge is 0.464 e. The molecule has 1 rings (SSSR count). The highest BCUT2D eigenvalue weighted by Crippen LogP contribution is 2.29.